The molecule has 142 valence electrons. The minimum absolute atomic E-state index is 0.144. The SMILES string of the molecule is COc1ccc(OC)c2c1C(=O)C=C(CNc1nc3ccc(Br)cc3[nH]1)C2=O. The van der Waals surface area contributed by atoms with Gasteiger partial charge in [-0.2, -0.15) is 0 Å². The Morgan fingerprint density at radius 2 is 1.79 bits per heavy atom. The van der Waals surface area contributed by atoms with Crippen molar-refractivity contribution in [2.75, 3.05) is 26.1 Å². The first kappa shape index (κ1) is 18.2. The van der Waals surface area contributed by atoms with Gasteiger partial charge in [-0.3, -0.25) is 9.59 Å². The van der Waals surface area contributed by atoms with Crippen LogP contribution in [0.1, 0.15) is 20.7 Å². The van der Waals surface area contributed by atoms with Crippen molar-refractivity contribution in [3.05, 3.63) is 57.6 Å². The molecule has 2 aromatic carbocycles. The van der Waals surface area contributed by atoms with Gasteiger partial charge in [0.05, 0.1) is 36.4 Å². The second-order valence-corrected chi connectivity index (χ2v) is 7.10. The van der Waals surface area contributed by atoms with Gasteiger partial charge in [-0.25, -0.2) is 4.98 Å². The highest BCUT2D eigenvalue weighted by Gasteiger charge is 2.31. The molecule has 0 saturated heterocycles. The van der Waals surface area contributed by atoms with Gasteiger partial charge in [0.25, 0.3) is 0 Å². The zero-order valence-electron chi connectivity index (χ0n) is 15.1. The Morgan fingerprint density at radius 1 is 1.07 bits per heavy atom. The topological polar surface area (TPSA) is 93.3 Å². The molecule has 0 amide bonds. The number of hydrogen-bond donors (Lipinski definition) is 2. The predicted molar refractivity (Wildman–Crippen MR) is 109 cm³/mol. The van der Waals surface area contributed by atoms with E-state index in [4.69, 9.17) is 9.47 Å². The molecular formula is C20H16BrN3O4. The maximum atomic E-state index is 13.0. The van der Waals surface area contributed by atoms with E-state index in [2.05, 4.69) is 31.2 Å². The van der Waals surface area contributed by atoms with E-state index < -0.39 is 0 Å². The Hall–Kier alpha value is -3.13. The minimum Gasteiger partial charge on any atom is -0.496 e. The lowest BCUT2D eigenvalue weighted by molar-refractivity contribution is 0.0978. The van der Waals surface area contributed by atoms with Crippen LogP contribution < -0.4 is 14.8 Å². The Labute approximate surface area is 168 Å². The third kappa shape index (κ3) is 3.05. The van der Waals surface area contributed by atoms with Crippen LogP contribution in [0.3, 0.4) is 0 Å². The fourth-order valence-electron chi connectivity index (χ4n) is 3.21. The summed E-state index contributed by atoms with van der Waals surface area (Å²) in [5, 5.41) is 3.08. The number of allylic oxidation sites excluding steroid dienone is 1. The van der Waals surface area contributed by atoms with Gasteiger partial charge in [0.15, 0.2) is 11.6 Å². The highest BCUT2D eigenvalue weighted by atomic mass is 79.9. The molecule has 1 aliphatic rings. The number of fused-ring (bicyclic) bond motifs is 2. The first-order chi connectivity index (χ1) is 13.5. The summed E-state index contributed by atoms with van der Waals surface area (Å²) in [7, 11) is 2.92. The molecule has 4 rings (SSSR count). The third-order valence-corrected chi connectivity index (χ3v) is 5.02. The maximum absolute atomic E-state index is 13.0. The fraction of sp³-hybridized carbons (Fsp3) is 0.150. The summed E-state index contributed by atoms with van der Waals surface area (Å²) in [5.41, 5.74) is 2.42. The summed E-state index contributed by atoms with van der Waals surface area (Å²) >= 11 is 3.42. The van der Waals surface area contributed by atoms with E-state index in [0.29, 0.717) is 23.0 Å². The average molecular weight is 442 g/mol. The molecule has 2 N–H and O–H groups in total. The number of H-pyrrole nitrogens is 1. The van der Waals surface area contributed by atoms with Gasteiger partial charge < -0.3 is 19.8 Å². The number of carbonyl (C=O) groups is 2. The summed E-state index contributed by atoms with van der Waals surface area (Å²) in [6.07, 6.45) is 1.33. The molecule has 1 heterocycles. The number of ether oxygens (including phenoxy) is 2. The average Bonchev–Trinajstić information content (AvgIpc) is 3.10. The van der Waals surface area contributed by atoms with E-state index in [1.807, 2.05) is 18.2 Å². The molecule has 7 nitrogen and oxygen atoms in total. The van der Waals surface area contributed by atoms with E-state index >= 15 is 0 Å². The van der Waals surface area contributed by atoms with Crippen molar-refractivity contribution in [2.45, 2.75) is 0 Å². The van der Waals surface area contributed by atoms with Crippen LogP contribution in [0, 0.1) is 0 Å². The number of rotatable bonds is 5. The maximum Gasteiger partial charge on any atom is 0.201 e. The zero-order valence-corrected chi connectivity index (χ0v) is 16.7. The summed E-state index contributed by atoms with van der Waals surface area (Å²) < 4.78 is 11.5. The Bertz CT molecular complexity index is 1150. The number of ketones is 2. The predicted octanol–water partition coefficient (Wildman–Crippen LogP) is 3.76. The molecule has 1 aromatic heterocycles. The normalized spacial score (nSPS) is 13.3. The first-order valence-corrected chi connectivity index (χ1v) is 9.25. The fourth-order valence-corrected chi connectivity index (χ4v) is 3.57. The molecule has 0 fully saturated rings. The molecule has 0 atom stereocenters. The van der Waals surface area contributed by atoms with E-state index in [1.165, 1.54) is 20.3 Å². The molecule has 0 saturated carbocycles. The number of hydrogen-bond acceptors (Lipinski definition) is 6. The number of imidazole rings is 1. The van der Waals surface area contributed by atoms with Crippen molar-refractivity contribution in [3.63, 3.8) is 0 Å². The number of nitrogens with zero attached hydrogens (tertiary/aromatic N) is 1. The number of aromatic nitrogens is 2. The number of Topliss-reactive ketones (excluding diaryl/α,β-unsaturated/α-hetero) is 1. The van der Waals surface area contributed by atoms with E-state index in [0.717, 1.165) is 15.5 Å². The quantitative estimate of drug-likeness (QED) is 0.625. The smallest absolute Gasteiger partial charge is 0.201 e. The Balaban J connectivity index is 1.63. The Kier molecular flexibility index (Phi) is 4.64. The number of nitrogens with one attached hydrogen (secondary N) is 2. The third-order valence-electron chi connectivity index (χ3n) is 4.53. The van der Waals surface area contributed by atoms with Crippen molar-refractivity contribution >= 4 is 44.5 Å². The highest BCUT2D eigenvalue weighted by molar-refractivity contribution is 9.10. The van der Waals surface area contributed by atoms with Crippen molar-refractivity contribution in [3.8, 4) is 11.5 Å². The number of halogens is 1. The summed E-state index contributed by atoms with van der Waals surface area (Å²) in [6.45, 7) is 0.144. The number of aromatic amines is 1. The molecule has 3 aromatic rings. The van der Waals surface area contributed by atoms with Crippen LogP contribution in [-0.2, 0) is 0 Å². The molecule has 8 heteroatoms. The zero-order chi connectivity index (χ0) is 19.8. The van der Waals surface area contributed by atoms with Crippen LogP contribution in [0.4, 0.5) is 5.95 Å². The van der Waals surface area contributed by atoms with E-state index in [-0.39, 0.29) is 29.2 Å². The molecule has 0 unspecified atom stereocenters. The van der Waals surface area contributed by atoms with Gasteiger partial charge in [0.2, 0.25) is 5.95 Å². The molecule has 0 spiro atoms. The molecular weight excluding hydrogens is 426 g/mol. The minimum atomic E-state index is -0.296. The van der Waals surface area contributed by atoms with Crippen LogP contribution in [0.25, 0.3) is 11.0 Å². The standard InChI is InChI=1S/C20H16BrN3O4/c1-27-15-5-6-16(28-2)18-17(15)14(25)7-10(19(18)26)9-22-20-23-12-4-3-11(21)8-13(12)24-20/h3-8H,9H2,1-2H3,(H2,22,23,24). The largest absolute Gasteiger partial charge is 0.496 e. The van der Waals surface area contributed by atoms with Gasteiger partial charge in [-0.05, 0) is 36.4 Å². The van der Waals surface area contributed by atoms with E-state index in [9.17, 15) is 9.59 Å². The van der Waals surface area contributed by atoms with Crippen LogP contribution in [0.5, 0.6) is 11.5 Å². The van der Waals surface area contributed by atoms with Gasteiger partial charge in [-0.1, -0.05) is 15.9 Å². The van der Waals surface area contributed by atoms with Crippen molar-refractivity contribution < 1.29 is 19.1 Å². The molecule has 0 aliphatic heterocycles. The molecule has 0 radical (unpaired) electrons. The molecule has 0 bridgehead atoms. The monoisotopic (exact) mass is 441 g/mol. The van der Waals surface area contributed by atoms with Gasteiger partial charge >= 0.3 is 0 Å². The lowest BCUT2D eigenvalue weighted by atomic mass is 9.88. The number of benzene rings is 2. The summed E-state index contributed by atoms with van der Waals surface area (Å²) in [4.78, 5) is 33.2. The number of carbonyl (C=O) groups excluding carboxylic acids is 2. The van der Waals surface area contributed by atoms with Crippen molar-refractivity contribution in [1.82, 2.24) is 9.97 Å². The van der Waals surface area contributed by atoms with Gasteiger partial charge in [0.1, 0.15) is 11.5 Å². The highest BCUT2D eigenvalue weighted by Crippen LogP contribution is 2.35. The van der Waals surface area contributed by atoms with Gasteiger partial charge in [0, 0.05) is 16.6 Å². The number of methoxy groups -OCH3 is 2. The number of anilines is 1. The van der Waals surface area contributed by atoms with Crippen LogP contribution in [-0.4, -0.2) is 42.3 Å². The van der Waals surface area contributed by atoms with Crippen LogP contribution in [0.2, 0.25) is 0 Å². The molecule has 28 heavy (non-hydrogen) atoms. The Morgan fingerprint density at radius 3 is 2.50 bits per heavy atom. The lowest BCUT2D eigenvalue weighted by Crippen LogP contribution is -2.23. The second kappa shape index (κ2) is 7.12. The second-order valence-electron chi connectivity index (χ2n) is 6.18. The van der Waals surface area contributed by atoms with Crippen LogP contribution in [0.15, 0.2) is 46.5 Å². The van der Waals surface area contributed by atoms with Crippen LogP contribution >= 0.6 is 15.9 Å². The van der Waals surface area contributed by atoms with Crippen molar-refractivity contribution in [2.24, 2.45) is 0 Å². The van der Waals surface area contributed by atoms with Crippen molar-refractivity contribution in [1.29, 1.82) is 0 Å². The summed E-state index contributed by atoms with van der Waals surface area (Å²) in [5.74, 6) is 0.624. The summed E-state index contributed by atoms with van der Waals surface area (Å²) in [6, 6.07) is 8.93. The first-order valence-electron chi connectivity index (χ1n) is 8.45. The lowest BCUT2D eigenvalue weighted by Gasteiger charge is -2.20. The molecule has 1 aliphatic carbocycles. The van der Waals surface area contributed by atoms with Gasteiger partial charge in [-0.15, -0.1) is 0 Å². The van der Waals surface area contributed by atoms with E-state index in [1.54, 1.807) is 12.1 Å².